The summed E-state index contributed by atoms with van der Waals surface area (Å²) in [6, 6.07) is 13.6. The van der Waals surface area contributed by atoms with Crippen molar-refractivity contribution in [3.05, 3.63) is 65.7 Å². The van der Waals surface area contributed by atoms with Gasteiger partial charge in [-0.05, 0) is 55.0 Å². The van der Waals surface area contributed by atoms with Gasteiger partial charge in [-0.15, -0.1) is 0 Å². The minimum atomic E-state index is -1.06. The molecule has 2 aromatic carbocycles. The van der Waals surface area contributed by atoms with Crippen LogP contribution in [-0.4, -0.2) is 58.1 Å². The van der Waals surface area contributed by atoms with Gasteiger partial charge in [0.15, 0.2) is 5.17 Å². The molecule has 0 aliphatic carbocycles. The average Bonchev–Trinajstić information content (AvgIpc) is 2.80. The van der Waals surface area contributed by atoms with E-state index in [1.165, 1.54) is 24.3 Å². The molecule has 0 aromatic heterocycles. The minimum Gasteiger partial charge on any atom is -0.478 e. The smallest absolute Gasteiger partial charge is 0.335 e. The molecule has 0 bridgehead atoms. The van der Waals surface area contributed by atoms with E-state index >= 15 is 0 Å². The Morgan fingerprint density at radius 1 is 1.18 bits per heavy atom. The van der Waals surface area contributed by atoms with Crippen molar-refractivity contribution < 1.29 is 19.5 Å². The fraction of sp³-hybridized carbons (Fsp3) is 0.208. The highest BCUT2D eigenvalue weighted by Crippen LogP contribution is 2.27. The molecule has 1 fully saturated rings. The van der Waals surface area contributed by atoms with Crippen molar-refractivity contribution in [3.63, 3.8) is 0 Å². The number of carbonyl (C=O) groups is 3. The summed E-state index contributed by atoms with van der Waals surface area (Å²) in [5.41, 5.74) is 3.11. The van der Waals surface area contributed by atoms with Crippen LogP contribution in [0.4, 0.5) is 11.4 Å². The fourth-order valence-electron chi connectivity index (χ4n) is 3.04. The Bertz CT molecular complexity index is 1140. The lowest BCUT2D eigenvalue weighted by atomic mass is 10.1. The lowest BCUT2D eigenvalue weighted by Crippen LogP contribution is -2.42. The van der Waals surface area contributed by atoms with Crippen LogP contribution >= 0.6 is 11.8 Å². The van der Waals surface area contributed by atoms with Gasteiger partial charge in [0.1, 0.15) is 5.25 Å². The van der Waals surface area contributed by atoms with Crippen molar-refractivity contribution in [1.82, 2.24) is 5.01 Å². The van der Waals surface area contributed by atoms with Gasteiger partial charge in [-0.2, -0.15) is 10.1 Å². The third-order valence-electron chi connectivity index (χ3n) is 4.92. The maximum atomic E-state index is 12.6. The zero-order valence-electron chi connectivity index (χ0n) is 19.0. The molecule has 3 N–H and O–H groups in total. The summed E-state index contributed by atoms with van der Waals surface area (Å²) in [4.78, 5) is 38.1. The molecule has 1 aliphatic rings. The van der Waals surface area contributed by atoms with Crippen molar-refractivity contribution in [2.75, 3.05) is 24.3 Å². The predicted molar refractivity (Wildman–Crippen MR) is 136 cm³/mol. The first-order valence-electron chi connectivity index (χ1n) is 10.4. The number of anilines is 2. The SMILES string of the molecule is CC(C=Cc1ccc(N(C)C)cc1)=NN1C(=N)SC(C(=O)Nc2ccc(C(=O)O)cc2)CC1=O. The van der Waals surface area contributed by atoms with Crippen LogP contribution in [0.5, 0.6) is 0 Å². The number of thioether (sulfide) groups is 1. The lowest BCUT2D eigenvalue weighted by molar-refractivity contribution is -0.129. The van der Waals surface area contributed by atoms with Gasteiger partial charge in [-0.25, -0.2) is 4.79 Å². The molecule has 1 atom stereocenters. The molecule has 1 saturated heterocycles. The highest BCUT2D eigenvalue weighted by atomic mass is 32.2. The van der Waals surface area contributed by atoms with Crippen molar-refractivity contribution in [1.29, 1.82) is 5.41 Å². The number of carboxylic acids is 1. The van der Waals surface area contributed by atoms with E-state index in [1.807, 2.05) is 49.3 Å². The third kappa shape index (κ3) is 6.32. The Balaban J connectivity index is 1.60. The summed E-state index contributed by atoms with van der Waals surface area (Å²) in [5, 5.41) is 24.1. The molecule has 176 valence electrons. The number of nitrogens with one attached hydrogen (secondary N) is 2. The number of hydrazone groups is 1. The number of rotatable bonds is 7. The van der Waals surface area contributed by atoms with Crippen LogP contribution in [0.2, 0.25) is 0 Å². The molecule has 0 saturated carbocycles. The number of carbonyl (C=O) groups excluding carboxylic acids is 2. The average molecular weight is 480 g/mol. The van der Waals surface area contributed by atoms with Crippen LogP contribution in [0, 0.1) is 5.41 Å². The Morgan fingerprint density at radius 2 is 1.82 bits per heavy atom. The number of hydrogen-bond donors (Lipinski definition) is 3. The predicted octanol–water partition coefficient (Wildman–Crippen LogP) is 3.75. The van der Waals surface area contributed by atoms with Crippen LogP contribution in [0.15, 0.2) is 59.7 Å². The van der Waals surface area contributed by atoms with E-state index in [-0.39, 0.29) is 17.2 Å². The zero-order valence-corrected chi connectivity index (χ0v) is 19.8. The van der Waals surface area contributed by atoms with Crippen LogP contribution in [0.1, 0.15) is 29.3 Å². The number of carboxylic acid groups (broad SMARTS) is 1. The van der Waals surface area contributed by atoms with Gasteiger partial charge >= 0.3 is 5.97 Å². The van der Waals surface area contributed by atoms with Gasteiger partial charge in [0.05, 0.1) is 17.7 Å². The molecule has 0 spiro atoms. The summed E-state index contributed by atoms with van der Waals surface area (Å²) in [6.45, 7) is 1.73. The van der Waals surface area contributed by atoms with Crippen LogP contribution in [0.3, 0.4) is 0 Å². The topological polar surface area (TPSA) is 126 Å². The number of amidine groups is 1. The molecule has 10 heteroatoms. The number of amides is 2. The largest absolute Gasteiger partial charge is 0.478 e. The number of benzene rings is 2. The van der Waals surface area contributed by atoms with Crippen LogP contribution in [-0.2, 0) is 9.59 Å². The normalized spacial score (nSPS) is 16.6. The lowest BCUT2D eigenvalue weighted by Gasteiger charge is -2.27. The molecule has 2 aromatic rings. The molecule has 1 heterocycles. The molecular weight excluding hydrogens is 454 g/mol. The first kappa shape index (κ1) is 24.7. The summed E-state index contributed by atoms with van der Waals surface area (Å²) < 4.78 is 0. The molecule has 0 radical (unpaired) electrons. The van der Waals surface area contributed by atoms with E-state index in [0.717, 1.165) is 28.0 Å². The van der Waals surface area contributed by atoms with Crippen molar-refractivity contribution in [3.8, 4) is 0 Å². The van der Waals surface area contributed by atoms with Crippen molar-refractivity contribution >= 4 is 57.9 Å². The number of aromatic carboxylic acids is 1. The van der Waals surface area contributed by atoms with Crippen LogP contribution in [0.25, 0.3) is 6.08 Å². The van der Waals surface area contributed by atoms with E-state index in [2.05, 4.69) is 10.4 Å². The van der Waals surface area contributed by atoms with Gasteiger partial charge in [0, 0.05) is 25.5 Å². The van der Waals surface area contributed by atoms with Crippen molar-refractivity contribution in [2.24, 2.45) is 5.10 Å². The Morgan fingerprint density at radius 3 is 2.38 bits per heavy atom. The second-order valence-corrected chi connectivity index (χ2v) is 8.95. The molecular formula is C24H25N5O4S. The number of hydrogen-bond acceptors (Lipinski definition) is 7. The summed E-state index contributed by atoms with van der Waals surface area (Å²) in [6.07, 6.45) is 3.52. The highest BCUT2D eigenvalue weighted by Gasteiger charge is 2.35. The Hall–Kier alpha value is -3.92. The monoisotopic (exact) mass is 479 g/mol. The zero-order chi connectivity index (χ0) is 24.8. The first-order valence-corrected chi connectivity index (χ1v) is 11.2. The van der Waals surface area contributed by atoms with Crippen LogP contribution < -0.4 is 10.2 Å². The second-order valence-electron chi connectivity index (χ2n) is 7.75. The molecule has 3 rings (SSSR count). The Labute approximate surface area is 201 Å². The Kier molecular flexibility index (Phi) is 7.85. The summed E-state index contributed by atoms with van der Waals surface area (Å²) >= 11 is 0.941. The van der Waals surface area contributed by atoms with E-state index in [1.54, 1.807) is 13.0 Å². The van der Waals surface area contributed by atoms with Gasteiger partial charge < -0.3 is 15.3 Å². The van der Waals surface area contributed by atoms with Gasteiger partial charge in [0.2, 0.25) is 5.91 Å². The van der Waals surface area contributed by atoms with Crippen molar-refractivity contribution in [2.45, 2.75) is 18.6 Å². The van der Waals surface area contributed by atoms with E-state index in [0.29, 0.717) is 11.4 Å². The quantitative estimate of drug-likeness (QED) is 0.519. The van der Waals surface area contributed by atoms with E-state index < -0.39 is 23.0 Å². The van der Waals surface area contributed by atoms with Gasteiger partial charge in [-0.3, -0.25) is 15.0 Å². The molecule has 9 nitrogen and oxygen atoms in total. The first-order chi connectivity index (χ1) is 16.1. The number of nitrogens with zero attached hydrogens (tertiary/aromatic N) is 3. The molecule has 2 amide bonds. The van der Waals surface area contributed by atoms with Gasteiger partial charge in [-0.1, -0.05) is 30.0 Å². The van der Waals surface area contributed by atoms with E-state index in [9.17, 15) is 14.4 Å². The number of allylic oxidation sites excluding steroid dienone is 1. The third-order valence-corrected chi connectivity index (χ3v) is 5.98. The minimum absolute atomic E-state index is 0.102. The van der Waals surface area contributed by atoms with Gasteiger partial charge in [0.25, 0.3) is 5.91 Å². The molecule has 1 unspecified atom stereocenters. The summed E-state index contributed by atoms with van der Waals surface area (Å²) in [7, 11) is 3.94. The second kappa shape index (κ2) is 10.8. The maximum Gasteiger partial charge on any atom is 0.335 e. The van der Waals surface area contributed by atoms with E-state index in [4.69, 9.17) is 10.5 Å². The molecule has 1 aliphatic heterocycles. The fourth-order valence-corrected chi connectivity index (χ4v) is 3.95. The highest BCUT2D eigenvalue weighted by molar-refractivity contribution is 8.14. The summed E-state index contributed by atoms with van der Waals surface area (Å²) in [5.74, 6) is -1.95. The standard InChI is InChI=1S/C24H25N5O4S/c1-15(4-5-16-6-12-19(13-7-16)28(2)3)27-29-21(30)14-20(34-24(29)25)22(31)26-18-10-8-17(9-11-18)23(32)33/h4-13,20,25H,14H2,1-3H3,(H,26,31)(H,32,33). The maximum absolute atomic E-state index is 12.6. The molecule has 34 heavy (non-hydrogen) atoms.